The fourth-order valence-corrected chi connectivity index (χ4v) is 1.81. The van der Waals surface area contributed by atoms with Crippen LogP contribution in [0.4, 0.5) is 0 Å². The molecule has 0 saturated heterocycles. The Balaban J connectivity index is 1.93. The molecule has 0 radical (unpaired) electrons. The molecule has 0 aliphatic heterocycles. The van der Waals surface area contributed by atoms with E-state index < -0.39 is 0 Å². The van der Waals surface area contributed by atoms with Crippen molar-refractivity contribution in [1.82, 2.24) is 20.5 Å². The first-order valence-corrected chi connectivity index (χ1v) is 6.00. The summed E-state index contributed by atoms with van der Waals surface area (Å²) in [4.78, 5) is 15.8. The molecule has 1 aromatic heterocycles. The number of aromatic amines is 1. The van der Waals surface area contributed by atoms with E-state index in [0.29, 0.717) is 29.4 Å². The molecule has 7 heteroatoms. The van der Waals surface area contributed by atoms with Gasteiger partial charge in [-0.1, -0.05) is 29.3 Å². The highest BCUT2D eigenvalue weighted by Gasteiger charge is 2.11. The average molecular weight is 285 g/mol. The van der Waals surface area contributed by atoms with Crippen LogP contribution < -0.4 is 5.32 Å². The number of halogens is 2. The lowest BCUT2D eigenvalue weighted by molar-refractivity contribution is 0.0954. The molecule has 0 fully saturated rings. The van der Waals surface area contributed by atoms with E-state index in [1.165, 1.54) is 6.33 Å². The number of amides is 1. The molecule has 0 aliphatic carbocycles. The van der Waals surface area contributed by atoms with Crippen LogP contribution in [0.25, 0.3) is 0 Å². The summed E-state index contributed by atoms with van der Waals surface area (Å²) in [6.45, 7) is 0.441. The predicted octanol–water partition coefficient (Wildman–Crippen LogP) is 2.08. The van der Waals surface area contributed by atoms with E-state index in [4.69, 9.17) is 23.2 Å². The van der Waals surface area contributed by atoms with Gasteiger partial charge in [0.15, 0.2) is 0 Å². The maximum Gasteiger partial charge on any atom is 0.252 e. The topological polar surface area (TPSA) is 70.7 Å². The van der Waals surface area contributed by atoms with Gasteiger partial charge in [-0.2, -0.15) is 5.10 Å². The van der Waals surface area contributed by atoms with Gasteiger partial charge in [0.05, 0.1) is 15.6 Å². The van der Waals surface area contributed by atoms with Crippen LogP contribution in [-0.4, -0.2) is 27.6 Å². The lowest BCUT2D eigenvalue weighted by Gasteiger charge is -2.06. The number of benzene rings is 1. The number of carbonyl (C=O) groups is 1. The van der Waals surface area contributed by atoms with Crippen LogP contribution in [0.2, 0.25) is 10.0 Å². The van der Waals surface area contributed by atoms with Crippen molar-refractivity contribution in [2.24, 2.45) is 0 Å². The number of nitrogens with one attached hydrogen (secondary N) is 2. The summed E-state index contributed by atoms with van der Waals surface area (Å²) in [5.41, 5.74) is 0.363. The van der Waals surface area contributed by atoms with Crippen LogP contribution in [-0.2, 0) is 6.42 Å². The minimum atomic E-state index is -0.262. The van der Waals surface area contributed by atoms with Crippen LogP contribution in [0.5, 0.6) is 0 Å². The van der Waals surface area contributed by atoms with E-state index >= 15 is 0 Å². The van der Waals surface area contributed by atoms with Crippen molar-refractivity contribution >= 4 is 29.1 Å². The van der Waals surface area contributed by atoms with Crippen LogP contribution in [0.1, 0.15) is 16.2 Å². The van der Waals surface area contributed by atoms with Gasteiger partial charge in [-0.25, -0.2) is 4.98 Å². The Hall–Kier alpha value is -1.59. The van der Waals surface area contributed by atoms with E-state index in [1.807, 2.05) is 0 Å². The smallest absolute Gasteiger partial charge is 0.252 e. The summed E-state index contributed by atoms with van der Waals surface area (Å²) < 4.78 is 0. The maximum absolute atomic E-state index is 11.8. The van der Waals surface area contributed by atoms with Gasteiger partial charge >= 0.3 is 0 Å². The van der Waals surface area contributed by atoms with Crippen molar-refractivity contribution in [3.8, 4) is 0 Å². The van der Waals surface area contributed by atoms with Crippen LogP contribution in [0.15, 0.2) is 24.5 Å². The molecule has 0 atom stereocenters. The molecule has 1 aromatic carbocycles. The van der Waals surface area contributed by atoms with E-state index in [-0.39, 0.29) is 10.9 Å². The molecular formula is C11H10Cl2N4O. The van der Waals surface area contributed by atoms with Crippen molar-refractivity contribution < 1.29 is 4.79 Å². The van der Waals surface area contributed by atoms with E-state index in [9.17, 15) is 4.79 Å². The van der Waals surface area contributed by atoms with Crippen LogP contribution >= 0.6 is 23.2 Å². The molecule has 2 N–H and O–H groups in total. The monoisotopic (exact) mass is 284 g/mol. The summed E-state index contributed by atoms with van der Waals surface area (Å²) in [5, 5.41) is 9.78. The third-order valence-electron chi connectivity index (χ3n) is 2.31. The third kappa shape index (κ3) is 3.00. The largest absolute Gasteiger partial charge is 0.352 e. The van der Waals surface area contributed by atoms with Gasteiger partial charge in [-0.05, 0) is 12.1 Å². The maximum atomic E-state index is 11.8. The second-order valence-corrected chi connectivity index (χ2v) is 4.32. The van der Waals surface area contributed by atoms with Gasteiger partial charge in [0.1, 0.15) is 12.2 Å². The van der Waals surface area contributed by atoms with Crippen LogP contribution in [0, 0.1) is 0 Å². The number of nitrogens with zero attached hydrogens (tertiary/aromatic N) is 2. The molecule has 0 bridgehead atoms. The highest BCUT2D eigenvalue weighted by atomic mass is 35.5. The van der Waals surface area contributed by atoms with Crippen molar-refractivity contribution in [3.63, 3.8) is 0 Å². The second-order valence-electron chi connectivity index (χ2n) is 3.54. The molecule has 0 saturated carbocycles. The van der Waals surface area contributed by atoms with Gasteiger partial charge in [-0.15, -0.1) is 0 Å². The van der Waals surface area contributed by atoms with Crippen molar-refractivity contribution in [3.05, 3.63) is 46.0 Å². The molecule has 2 rings (SSSR count). The lowest BCUT2D eigenvalue weighted by atomic mass is 10.2. The van der Waals surface area contributed by atoms with Gasteiger partial charge in [0, 0.05) is 13.0 Å². The lowest BCUT2D eigenvalue weighted by Crippen LogP contribution is -2.26. The summed E-state index contributed by atoms with van der Waals surface area (Å²) in [7, 11) is 0. The average Bonchev–Trinajstić information content (AvgIpc) is 2.85. The fraction of sp³-hybridized carbons (Fsp3) is 0.182. The molecular weight excluding hydrogens is 275 g/mol. The quantitative estimate of drug-likeness (QED) is 0.903. The number of rotatable bonds is 4. The first kappa shape index (κ1) is 12.9. The van der Waals surface area contributed by atoms with Crippen molar-refractivity contribution in [2.75, 3.05) is 6.54 Å². The molecule has 0 unspecified atom stereocenters. The first-order chi connectivity index (χ1) is 8.68. The Morgan fingerprint density at radius 3 is 2.94 bits per heavy atom. The van der Waals surface area contributed by atoms with E-state index in [0.717, 1.165) is 0 Å². The Morgan fingerprint density at radius 2 is 2.22 bits per heavy atom. The van der Waals surface area contributed by atoms with Gasteiger partial charge in [-0.3, -0.25) is 9.89 Å². The summed E-state index contributed by atoms with van der Waals surface area (Å²) in [6, 6.07) is 4.94. The molecule has 2 aromatic rings. The van der Waals surface area contributed by atoms with Crippen LogP contribution in [0.3, 0.4) is 0 Å². The van der Waals surface area contributed by atoms with Crippen molar-refractivity contribution in [1.29, 1.82) is 0 Å². The predicted molar refractivity (Wildman–Crippen MR) is 68.9 cm³/mol. The molecule has 5 nitrogen and oxygen atoms in total. The Kier molecular flexibility index (Phi) is 4.17. The van der Waals surface area contributed by atoms with E-state index in [1.54, 1.807) is 18.2 Å². The minimum absolute atomic E-state index is 0.260. The molecule has 1 heterocycles. The van der Waals surface area contributed by atoms with Gasteiger partial charge < -0.3 is 5.32 Å². The number of aromatic nitrogens is 3. The fourth-order valence-electron chi connectivity index (χ4n) is 1.42. The Bertz CT molecular complexity index is 542. The SMILES string of the molecule is O=C(NCCc1ncn[nH]1)c1cccc(Cl)c1Cl. The molecule has 0 spiro atoms. The zero-order valence-electron chi connectivity index (χ0n) is 9.28. The van der Waals surface area contributed by atoms with Gasteiger partial charge in [0.2, 0.25) is 0 Å². The highest BCUT2D eigenvalue weighted by Crippen LogP contribution is 2.25. The zero-order chi connectivity index (χ0) is 13.0. The molecule has 0 aliphatic rings. The summed E-state index contributed by atoms with van der Waals surface area (Å²) in [5.74, 6) is 0.453. The minimum Gasteiger partial charge on any atom is -0.352 e. The standard InChI is InChI=1S/C11H10Cl2N4O/c12-8-3-1-2-7(10(8)13)11(18)14-5-4-9-15-6-16-17-9/h1-3,6H,4-5H2,(H,14,18)(H,15,16,17). The third-order valence-corrected chi connectivity index (χ3v) is 3.13. The van der Waals surface area contributed by atoms with Crippen molar-refractivity contribution in [2.45, 2.75) is 6.42 Å². The van der Waals surface area contributed by atoms with Gasteiger partial charge in [0.25, 0.3) is 5.91 Å². The summed E-state index contributed by atoms with van der Waals surface area (Å²) >= 11 is 11.8. The molecule has 94 valence electrons. The first-order valence-electron chi connectivity index (χ1n) is 5.25. The second kappa shape index (κ2) is 5.84. The zero-order valence-corrected chi connectivity index (χ0v) is 10.8. The Labute approximate surface area is 114 Å². The highest BCUT2D eigenvalue weighted by molar-refractivity contribution is 6.43. The number of H-pyrrole nitrogens is 1. The number of hydrogen-bond donors (Lipinski definition) is 2. The number of hydrogen-bond acceptors (Lipinski definition) is 3. The number of carbonyl (C=O) groups excluding carboxylic acids is 1. The molecule has 1 amide bonds. The molecule has 18 heavy (non-hydrogen) atoms. The Morgan fingerprint density at radius 1 is 1.39 bits per heavy atom. The van der Waals surface area contributed by atoms with E-state index in [2.05, 4.69) is 20.5 Å². The normalized spacial score (nSPS) is 10.3. The summed E-state index contributed by atoms with van der Waals surface area (Å²) in [6.07, 6.45) is 1.99.